The van der Waals surface area contributed by atoms with Crippen LogP contribution >= 0.6 is 0 Å². The van der Waals surface area contributed by atoms with Crippen molar-refractivity contribution in [1.82, 2.24) is 16.0 Å². The number of aliphatic hydroxyl groups is 1. The number of carboxylic acids is 2. The van der Waals surface area contributed by atoms with Crippen molar-refractivity contribution in [1.29, 1.82) is 0 Å². The minimum Gasteiger partial charge on any atom is -0.481 e. The van der Waals surface area contributed by atoms with Gasteiger partial charge in [0.2, 0.25) is 17.7 Å². The molecule has 12 heteroatoms. The van der Waals surface area contributed by atoms with Crippen molar-refractivity contribution < 1.29 is 39.3 Å². The van der Waals surface area contributed by atoms with Crippen molar-refractivity contribution in [3.8, 4) is 0 Å². The molecule has 5 unspecified atom stereocenters. The zero-order valence-electron chi connectivity index (χ0n) is 19.1. The predicted octanol–water partition coefficient (Wildman–Crippen LogP) is -1.20. The number of hydrogen-bond acceptors (Lipinski definition) is 7. The maximum Gasteiger partial charge on any atom is 0.326 e. The third-order valence-electron chi connectivity index (χ3n) is 4.67. The molecule has 0 aliphatic heterocycles. The Morgan fingerprint density at radius 1 is 0.812 bits per heavy atom. The Labute approximate surface area is 187 Å². The number of carbonyl (C=O) groups is 5. The van der Waals surface area contributed by atoms with Crippen molar-refractivity contribution in [2.24, 2.45) is 17.6 Å². The van der Waals surface area contributed by atoms with E-state index in [4.69, 9.17) is 10.8 Å². The van der Waals surface area contributed by atoms with E-state index in [0.29, 0.717) is 0 Å². The standard InChI is InChI=1S/C20H36N4O8/c1-9(2)8-13(23-18(29)15(21)11(5)25)17(28)24-16(10(3)4)19(30)22-12(20(31)32)6-7-14(26)27/h9-13,15-16,25H,6-8,21H2,1-5H3,(H,22,30)(H,23,29)(H,24,28)(H,26,27)(H,31,32). The Bertz CT molecular complexity index is 681. The van der Waals surface area contributed by atoms with Crippen molar-refractivity contribution in [2.75, 3.05) is 0 Å². The molecule has 184 valence electrons. The van der Waals surface area contributed by atoms with Crippen LogP contribution in [0.5, 0.6) is 0 Å². The molecule has 0 bridgehead atoms. The van der Waals surface area contributed by atoms with E-state index in [1.54, 1.807) is 13.8 Å². The normalized spacial score (nSPS) is 15.9. The molecule has 12 nitrogen and oxygen atoms in total. The van der Waals surface area contributed by atoms with E-state index in [1.807, 2.05) is 13.8 Å². The van der Waals surface area contributed by atoms with E-state index in [-0.39, 0.29) is 18.8 Å². The molecule has 0 fully saturated rings. The van der Waals surface area contributed by atoms with Crippen molar-refractivity contribution in [3.05, 3.63) is 0 Å². The predicted molar refractivity (Wildman–Crippen MR) is 114 cm³/mol. The molecule has 0 radical (unpaired) electrons. The number of carboxylic acid groups (broad SMARTS) is 2. The highest BCUT2D eigenvalue weighted by atomic mass is 16.4. The zero-order chi connectivity index (χ0) is 25.2. The van der Waals surface area contributed by atoms with Crippen molar-refractivity contribution in [2.45, 2.75) is 84.2 Å². The molecule has 0 spiro atoms. The van der Waals surface area contributed by atoms with E-state index in [9.17, 15) is 34.2 Å². The van der Waals surface area contributed by atoms with E-state index in [1.165, 1.54) is 6.92 Å². The first kappa shape index (κ1) is 29.3. The fraction of sp³-hybridized carbons (Fsp3) is 0.750. The lowest BCUT2D eigenvalue weighted by atomic mass is 9.99. The van der Waals surface area contributed by atoms with Gasteiger partial charge in [0.05, 0.1) is 6.10 Å². The molecule has 0 aliphatic carbocycles. The molecule has 0 saturated heterocycles. The van der Waals surface area contributed by atoms with Crippen LogP contribution in [-0.2, 0) is 24.0 Å². The minimum absolute atomic E-state index is 0.00689. The first-order valence-electron chi connectivity index (χ1n) is 10.5. The number of carbonyl (C=O) groups excluding carboxylic acids is 3. The maximum atomic E-state index is 12.9. The molecule has 0 saturated carbocycles. The smallest absolute Gasteiger partial charge is 0.326 e. The summed E-state index contributed by atoms with van der Waals surface area (Å²) in [5.41, 5.74) is 5.61. The van der Waals surface area contributed by atoms with Gasteiger partial charge in [0, 0.05) is 6.42 Å². The van der Waals surface area contributed by atoms with E-state index in [2.05, 4.69) is 16.0 Å². The molecule has 0 heterocycles. The first-order valence-corrected chi connectivity index (χ1v) is 10.5. The molecular formula is C20H36N4O8. The highest BCUT2D eigenvalue weighted by molar-refractivity contribution is 5.94. The topological polar surface area (TPSA) is 208 Å². The number of nitrogens with one attached hydrogen (secondary N) is 3. The Kier molecular flexibility index (Phi) is 12.5. The van der Waals surface area contributed by atoms with Crippen LogP contribution in [0.4, 0.5) is 0 Å². The summed E-state index contributed by atoms with van der Waals surface area (Å²) in [4.78, 5) is 59.8. The number of rotatable bonds is 14. The van der Waals surface area contributed by atoms with Crippen LogP contribution in [0.3, 0.4) is 0 Å². The monoisotopic (exact) mass is 460 g/mol. The SMILES string of the molecule is CC(C)CC(NC(=O)C(N)C(C)O)C(=O)NC(C(=O)NC(CCC(=O)O)C(=O)O)C(C)C. The molecule has 8 N–H and O–H groups in total. The molecule has 0 aliphatic rings. The summed E-state index contributed by atoms with van der Waals surface area (Å²) in [6, 6.07) is -4.85. The lowest BCUT2D eigenvalue weighted by Crippen LogP contribution is -2.59. The van der Waals surface area contributed by atoms with Gasteiger partial charge in [-0.25, -0.2) is 4.79 Å². The highest BCUT2D eigenvalue weighted by Crippen LogP contribution is 2.09. The average molecular weight is 461 g/mol. The van der Waals surface area contributed by atoms with Gasteiger partial charge in [-0.3, -0.25) is 19.2 Å². The van der Waals surface area contributed by atoms with Gasteiger partial charge >= 0.3 is 11.9 Å². The quantitative estimate of drug-likeness (QED) is 0.166. The van der Waals surface area contributed by atoms with Gasteiger partial charge in [-0.2, -0.15) is 0 Å². The van der Waals surface area contributed by atoms with Gasteiger partial charge in [0.25, 0.3) is 0 Å². The van der Waals surface area contributed by atoms with Gasteiger partial charge in [-0.05, 0) is 31.6 Å². The van der Waals surface area contributed by atoms with Gasteiger partial charge < -0.3 is 37.0 Å². The van der Waals surface area contributed by atoms with Gasteiger partial charge in [0.15, 0.2) is 0 Å². The van der Waals surface area contributed by atoms with Crippen LogP contribution in [0.25, 0.3) is 0 Å². The average Bonchev–Trinajstić information content (AvgIpc) is 2.66. The Hall–Kier alpha value is -2.73. The Morgan fingerprint density at radius 2 is 1.34 bits per heavy atom. The molecular weight excluding hydrogens is 424 g/mol. The summed E-state index contributed by atoms with van der Waals surface area (Å²) in [6.07, 6.45) is -1.68. The fourth-order valence-corrected chi connectivity index (χ4v) is 2.77. The summed E-state index contributed by atoms with van der Waals surface area (Å²) >= 11 is 0. The first-order chi connectivity index (χ1) is 14.7. The van der Waals surface area contributed by atoms with Gasteiger partial charge in [-0.15, -0.1) is 0 Å². The molecule has 32 heavy (non-hydrogen) atoms. The summed E-state index contributed by atoms with van der Waals surface area (Å²) in [5, 5.41) is 34.8. The second-order valence-electron chi connectivity index (χ2n) is 8.52. The molecule has 3 amide bonds. The number of aliphatic carboxylic acids is 2. The van der Waals surface area contributed by atoms with Crippen molar-refractivity contribution >= 4 is 29.7 Å². The lowest BCUT2D eigenvalue weighted by molar-refractivity contribution is -0.143. The van der Waals surface area contributed by atoms with Crippen LogP contribution in [0, 0.1) is 11.8 Å². The Balaban J connectivity index is 5.43. The number of amides is 3. The van der Waals surface area contributed by atoms with Gasteiger partial charge in [-0.1, -0.05) is 27.7 Å². The molecule has 0 aromatic rings. The third kappa shape index (κ3) is 10.5. The minimum atomic E-state index is -1.44. The number of aliphatic hydroxyl groups excluding tert-OH is 1. The van der Waals surface area contributed by atoms with Crippen LogP contribution in [-0.4, -0.2) is 75.3 Å². The number of nitrogens with two attached hydrogens (primary N) is 1. The summed E-state index contributed by atoms with van der Waals surface area (Å²) < 4.78 is 0. The van der Waals surface area contributed by atoms with E-state index >= 15 is 0 Å². The van der Waals surface area contributed by atoms with Crippen LogP contribution < -0.4 is 21.7 Å². The fourth-order valence-electron chi connectivity index (χ4n) is 2.77. The molecule has 5 atom stereocenters. The summed E-state index contributed by atoms with van der Waals surface area (Å²) in [5.74, 6) is -5.24. The summed E-state index contributed by atoms with van der Waals surface area (Å²) in [6.45, 7) is 8.26. The molecule has 0 rings (SSSR count). The molecule has 0 aromatic heterocycles. The van der Waals surface area contributed by atoms with E-state index in [0.717, 1.165) is 0 Å². The van der Waals surface area contributed by atoms with Crippen LogP contribution in [0.1, 0.15) is 53.9 Å². The second-order valence-corrected chi connectivity index (χ2v) is 8.52. The summed E-state index contributed by atoms with van der Waals surface area (Å²) in [7, 11) is 0. The van der Waals surface area contributed by atoms with Crippen molar-refractivity contribution in [3.63, 3.8) is 0 Å². The Morgan fingerprint density at radius 3 is 1.75 bits per heavy atom. The highest BCUT2D eigenvalue weighted by Gasteiger charge is 2.32. The molecule has 0 aromatic carbocycles. The number of hydrogen-bond donors (Lipinski definition) is 7. The maximum absolute atomic E-state index is 12.9. The lowest BCUT2D eigenvalue weighted by Gasteiger charge is -2.28. The van der Waals surface area contributed by atoms with Gasteiger partial charge in [0.1, 0.15) is 24.2 Å². The zero-order valence-corrected chi connectivity index (χ0v) is 19.1. The van der Waals surface area contributed by atoms with Crippen LogP contribution in [0.15, 0.2) is 0 Å². The van der Waals surface area contributed by atoms with Crippen LogP contribution in [0.2, 0.25) is 0 Å². The van der Waals surface area contributed by atoms with E-state index < -0.39 is 72.3 Å². The second kappa shape index (κ2) is 13.6. The largest absolute Gasteiger partial charge is 0.481 e. The third-order valence-corrected chi connectivity index (χ3v) is 4.67.